The van der Waals surface area contributed by atoms with Crippen LogP contribution in [0.3, 0.4) is 0 Å². The molecular weight excluding hydrogens is 260 g/mol. The van der Waals surface area contributed by atoms with Crippen LogP contribution in [0.5, 0.6) is 0 Å². The number of rotatable bonds is 5. The van der Waals surface area contributed by atoms with Gasteiger partial charge in [0.25, 0.3) is 0 Å². The Labute approximate surface area is 128 Å². The average molecular weight is 288 g/mol. The van der Waals surface area contributed by atoms with Crippen molar-refractivity contribution in [1.29, 1.82) is 0 Å². The monoisotopic (exact) mass is 288 g/mol. The largest absolute Gasteiger partial charge is 0.346 e. The van der Waals surface area contributed by atoms with E-state index >= 15 is 0 Å². The molecule has 0 bridgehead atoms. The summed E-state index contributed by atoms with van der Waals surface area (Å²) in [4.78, 5) is 0. The number of aryl methyl sites for hydroxylation is 1. The zero-order valence-electron chi connectivity index (χ0n) is 13.2. The first kappa shape index (κ1) is 15.1. The molecule has 1 aromatic carbocycles. The minimum Gasteiger partial charge on any atom is -0.346 e. The number of benzene rings is 1. The number of hydrogen-bond donors (Lipinski definition) is 0. The molecule has 2 atom stereocenters. The van der Waals surface area contributed by atoms with Gasteiger partial charge in [0, 0.05) is 5.56 Å². The third-order valence-corrected chi connectivity index (χ3v) is 5.24. The maximum Gasteiger partial charge on any atom is 0.184 e. The number of ether oxygens (including phenoxy) is 2. The van der Waals surface area contributed by atoms with E-state index in [1.807, 2.05) is 0 Å². The van der Waals surface area contributed by atoms with Gasteiger partial charge in [-0.15, -0.1) is 0 Å². The molecule has 2 fully saturated rings. The van der Waals surface area contributed by atoms with Gasteiger partial charge in [0.05, 0.1) is 13.2 Å². The van der Waals surface area contributed by atoms with E-state index in [9.17, 15) is 0 Å². The van der Waals surface area contributed by atoms with Gasteiger partial charge in [0.15, 0.2) is 6.29 Å². The molecule has 21 heavy (non-hydrogen) atoms. The molecule has 0 amide bonds. The van der Waals surface area contributed by atoms with Crippen LogP contribution in [0.15, 0.2) is 24.3 Å². The summed E-state index contributed by atoms with van der Waals surface area (Å²) in [7, 11) is 0. The third-order valence-electron chi connectivity index (χ3n) is 5.24. The van der Waals surface area contributed by atoms with Crippen LogP contribution in [0.25, 0.3) is 0 Å². The molecule has 0 N–H and O–H groups in total. The molecule has 1 aromatic rings. The Kier molecular flexibility index (Phi) is 5.32. The van der Waals surface area contributed by atoms with E-state index in [4.69, 9.17) is 9.47 Å². The predicted molar refractivity (Wildman–Crippen MR) is 85.1 cm³/mol. The van der Waals surface area contributed by atoms with Crippen LogP contribution in [-0.2, 0) is 15.9 Å². The summed E-state index contributed by atoms with van der Waals surface area (Å²) in [5, 5.41) is 0. The maximum absolute atomic E-state index is 5.60. The maximum atomic E-state index is 5.60. The van der Waals surface area contributed by atoms with Crippen molar-refractivity contribution >= 4 is 0 Å². The van der Waals surface area contributed by atoms with Crippen LogP contribution in [-0.4, -0.2) is 13.2 Å². The molecule has 3 rings (SSSR count). The van der Waals surface area contributed by atoms with Gasteiger partial charge >= 0.3 is 0 Å². The van der Waals surface area contributed by atoms with Crippen molar-refractivity contribution in [2.75, 3.05) is 13.2 Å². The van der Waals surface area contributed by atoms with Crippen molar-refractivity contribution in [3.05, 3.63) is 35.4 Å². The minimum atomic E-state index is -0.136. The summed E-state index contributed by atoms with van der Waals surface area (Å²) in [5.41, 5.74) is 2.62. The smallest absolute Gasteiger partial charge is 0.184 e. The molecule has 1 aliphatic heterocycles. The Morgan fingerprint density at radius 3 is 2.57 bits per heavy atom. The average Bonchev–Trinajstić information content (AvgIpc) is 3.08. The van der Waals surface area contributed by atoms with Crippen molar-refractivity contribution in [3.8, 4) is 0 Å². The second kappa shape index (κ2) is 7.42. The van der Waals surface area contributed by atoms with Crippen LogP contribution in [0.1, 0.15) is 62.9 Å². The Morgan fingerprint density at radius 1 is 1.05 bits per heavy atom. The quantitative estimate of drug-likeness (QED) is 0.768. The van der Waals surface area contributed by atoms with Crippen molar-refractivity contribution in [2.45, 2.75) is 58.2 Å². The summed E-state index contributed by atoms with van der Waals surface area (Å²) in [6.07, 6.45) is 9.52. The van der Waals surface area contributed by atoms with Crippen LogP contribution in [0.4, 0.5) is 0 Å². The highest BCUT2D eigenvalue weighted by molar-refractivity contribution is 5.24. The molecule has 0 spiro atoms. The highest BCUT2D eigenvalue weighted by Gasteiger charge is 2.23. The lowest BCUT2D eigenvalue weighted by molar-refractivity contribution is -0.0441. The zero-order valence-corrected chi connectivity index (χ0v) is 13.2. The Morgan fingerprint density at radius 2 is 1.81 bits per heavy atom. The van der Waals surface area contributed by atoms with Crippen molar-refractivity contribution in [3.63, 3.8) is 0 Å². The van der Waals surface area contributed by atoms with Gasteiger partial charge in [0.1, 0.15) is 0 Å². The van der Waals surface area contributed by atoms with Gasteiger partial charge in [-0.1, -0.05) is 63.3 Å². The van der Waals surface area contributed by atoms with Crippen LogP contribution in [0, 0.1) is 11.8 Å². The molecule has 1 aliphatic carbocycles. The summed E-state index contributed by atoms with van der Waals surface area (Å²) in [5.74, 6) is 1.90. The third kappa shape index (κ3) is 3.87. The van der Waals surface area contributed by atoms with E-state index in [1.165, 1.54) is 56.1 Å². The Hall–Kier alpha value is -0.860. The molecule has 0 radical (unpaired) electrons. The standard InChI is InChI=1S/C19H28O2/c1-2-16-7-3-4-8-17(16)11-10-15-6-5-9-18(14-15)19-20-12-13-21-19/h5-6,9,14,16-17,19H,2-4,7-8,10-13H2,1H3. The fourth-order valence-corrected chi connectivity index (χ4v) is 4.00. The topological polar surface area (TPSA) is 18.5 Å². The van der Waals surface area contributed by atoms with Gasteiger partial charge < -0.3 is 9.47 Å². The van der Waals surface area contributed by atoms with Gasteiger partial charge in [-0.3, -0.25) is 0 Å². The molecule has 1 saturated heterocycles. The molecule has 2 unspecified atom stereocenters. The van der Waals surface area contributed by atoms with Gasteiger partial charge in [-0.05, 0) is 30.2 Å². The molecule has 2 heteroatoms. The van der Waals surface area contributed by atoms with E-state index in [0.717, 1.165) is 25.0 Å². The molecule has 2 aliphatic rings. The Bertz CT molecular complexity index is 437. The first-order valence-electron chi connectivity index (χ1n) is 8.69. The Balaban J connectivity index is 1.58. The summed E-state index contributed by atoms with van der Waals surface area (Å²) < 4.78 is 11.2. The fourth-order valence-electron chi connectivity index (χ4n) is 4.00. The van der Waals surface area contributed by atoms with Crippen molar-refractivity contribution < 1.29 is 9.47 Å². The molecule has 116 valence electrons. The van der Waals surface area contributed by atoms with E-state index < -0.39 is 0 Å². The zero-order chi connectivity index (χ0) is 14.5. The lowest BCUT2D eigenvalue weighted by atomic mass is 9.75. The van der Waals surface area contributed by atoms with E-state index in [2.05, 4.69) is 31.2 Å². The molecular formula is C19H28O2. The minimum absolute atomic E-state index is 0.136. The summed E-state index contributed by atoms with van der Waals surface area (Å²) >= 11 is 0. The highest BCUT2D eigenvalue weighted by atomic mass is 16.7. The normalized spacial score (nSPS) is 27.1. The summed E-state index contributed by atoms with van der Waals surface area (Å²) in [6.45, 7) is 3.79. The van der Waals surface area contributed by atoms with E-state index in [1.54, 1.807) is 0 Å². The second-order valence-electron chi connectivity index (χ2n) is 6.57. The molecule has 0 aromatic heterocycles. The van der Waals surface area contributed by atoms with Crippen LogP contribution >= 0.6 is 0 Å². The molecule has 2 nitrogen and oxygen atoms in total. The van der Waals surface area contributed by atoms with Crippen LogP contribution < -0.4 is 0 Å². The summed E-state index contributed by atoms with van der Waals surface area (Å²) in [6, 6.07) is 8.80. The lowest BCUT2D eigenvalue weighted by Crippen LogP contribution is -2.19. The van der Waals surface area contributed by atoms with E-state index in [-0.39, 0.29) is 6.29 Å². The first-order valence-corrected chi connectivity index (χ1v) is 8.69. The molecule has 1 saturated carbocycles. The highest BCUT2D eigenvalue weighted by Crippen LogP contribution is 2.35. The SMILES string of the molecule is CCC1CCCCC1CCc1cccc(C2OCCO2)c1. The van der Waals surface area contributed by atoms with Crippen LogP contribution in [0.2, 0.25) is 0 Å². The van der Waals surface area contributed by atoms with Gasteiger partial charge in [-0.2, -0.15) is 0 Å². The predicted octanol–water partition coefficient (Wildman–Crippen LogP) is 4.88. The van der Waals surface area contributed by atoms with Crippen molar-refractivity contribution in [1.82, 2.24) is 0 Å². The van der Waals surface area contributed by atoms with Gasteiger partial charge in [0.2, 0.25) is 0 Å². The lowest BCUT2D eigenvalue weighted by Gasteiger charge is -2.31. The first-order chi connectivity index (χ1) is 10.4. The van der Waals surface area contributed by atoms with E-state index in [0.29, 0.717) is 0 Å². The second-order valence-corrected chi connectivity index (χ2v) is 6.57. The molecule has 1 heterocycles. The number of hydrogen-bond acceptors (Lipinski definition) is 2. The van der Waals surface area contributed by atoms with Gasteiger partial charge in [-0.25, -0.2) is 0 Å². The fraction of sp³-hybridized carbons (Fsp3) is 0.684. The van der Waals surface area contributed by atoms with Crippen molar-refractivity contribution in [2.24, 2.45) is 11.8 Å².